The van der Waals surface area contributed by atoms with Crippen LogP contribution in [0.15, 0.2) is 73.3 Å². The molecule has 0 aliphatic carbocycles. The second kappa shape index (κ2) is 17.3. The molecule has 1 atom stereocenters. The Bertz CT molecular complexity index is 1180. The average Bonchev–Trinajstić information content (AvgIpc) is 2.96. The normalized spacial score (nSPS) is 11.4. The third-order valence-corrected chi connectivity index (χ3v) is 5.71. The maximum atomic E-state index is 12.7. The molecule has 8 nitrogen and oxygen atoms in total. The highest BCUT2D eigenvalue weighted by atomic mass is 16.6. The Morgan fingerprint density at radius 3 is 2.27 bits per heavy atom. The van der Waals surface area contributed by atoms with Crippen LogP contribution in [0.3, 0.4) is 0 Å². The van der Waals surface area contributed by atoms with Crippen molar-refractivity contribution in [3.8, 4) is 17.2 Å². The fraction of sp³-hybridized carbons (Fsp3) is 0.344. The maximum Gasteiger partial charge on any atom is 0.343 e. The fourth-order valence-electron chi connectivity index (χ4n) is 3.40. The molecule has 8 heteroatoms. The molecule has 2 aromatic carbocycles. The first-order valence-corrected chi connectivity index (χ1v) is 13.2. The van der Waals surface area contributed by atoms with Gasteiger partial charge in [0, 0.05) is 11.6 Å². The minimum atomic E-state index is -0.542. The lowest BCUT2D eigenvalue weighted by Gasteiger charge is -2.11. The molecule has 0 aliphatic heterocycles. The van der Waals surface area contributed by atoms with E-state index in [-0.39, 0.29) is 17.8 Å². The van der Waals surface area contributed by atoms with Crippen molar-refractivity contribution in [1.82, 2.24) is 0 Å². The number of hydrogen-bond donors (Lipinski definition) is 0. The Kier molecular flexibility index (Phi) is 13.8. The highest BCUT2D eigenvalue weighted by molar-refractivity contribution is 5.91. The largest absolute Gasteiger partial charge is 0.494 e. The Balaban J connectivity index is 1.81. The van der Waals surface area contributed by atoms with Crippen molar-refractivity contribution in [3.63, 3.8) is 0 Å². The standard InChI is InChI=1S/C32H38O8/c1-6-26(7-2)39-30(33)19-13-24-12-18-28(29(22-24)36-5)40-32(35)25-14-16-27(17-15-25)37-20-10-8-9-11-21-38-31(34)23(3)4/h6,12-19,22,26H,1,3,7-11,20-21H2,2,4-5H3/b19-13+. The number of esters is 3. The van der Waals surface area contributed by atoms with Crippen molar-refractivity contribution in [2.75, 3.05) is 20.3 Å². The molecular formula is C32H38O8. The number of ether oxygens (including phenoxy) is 5. The Labute approximate surface area is 236 Å². The van der Waals surface area contributed by atoms with Crippen molar-refractivity contribution in [1.29, 1.82) is 0 Å². The van der Waals surface area contributed by atoms with Gasteiger partial charge in [-0.3, -0.25) is 0 Å². The Hall–Kier alpha value is -4.33. The van der Waals surface area contributed by atoms with E-state index in [1.54, 1.807) is 61.5 Å². The number of hydrogen-bond acceptors (Lipinski definition) is 8. The van der Waals surface area contributed by atoms with Crippen molar-refractivity contribution in [2.45, 2.75) is 52.1 Å². The van der Waals surface area contributed by atoms with Gasteiger partial charge in [0.05, 0.1) is 25.9 Å². The molecule has 0 aliphatic rings. The molecular weight excluding hydrogens is 512 g/mol. The molecule has 40 heavy (non-hydrogen) atoms. The molecule has 2 rings (SSSR count). The summed E-state index contributed by atoms with van der Waals surface area (Å²) < 4.78 is 27.0. The van der Waals surface area contributed by atoms with E-state index in [4.69, 9.17) is 23.7 Å². The quantitative estimate of drug-likeness (QED) is 0.0724. The zero-order valence-electron chi connectivity index (χ0n) is 23.5. The smallest absolute Gasteiger partial charge is 0.343 e. The van der Waals surface area contributed by atoms with E-state index < -0.39 is 11.9 Å². The lowest BCUT2D eigenvalue weighted by Crippen LogP contribution is -2.12. The molecule has 0 heterocycles. The van der Waals surface area contributed by atoms with Crippen molar-refractivity contribution in [3.05, 3.63) is 84.5 Å². The number of methoxy groups -OCH3 is 1. The summed E-state index contributed by atoms with van der Waals surface area (Å²) in [6.07, 6.45) is 8.33. The van der Waals surface area contributed by atoms with Gasteiger partial charge in [-0.15, -0.1) is 0 Å². The summed E-state index contributed by atoms with van der Waals surface area (Å²) in [6.45, 7) is 11.6. The summed E-state index contributed by atoms with van der Waals surface area (Å²) in [5.74, 6) is -0.134. The molecule has 0 saturated heterocycles. The highest BCUT2D eigenvalue weighted by Crippen LogP contribution is 2.29. The number of carbonyl (C=O) groups is 3. The number of unbranched alkanes of at least 4 members (excludes halogenated alkanes) is 3. The van der Waals surface area contributed by atoms with Crippen LogP contribution in [0.1, 0.15) is 61.9 Å². The number of carbonyl (C=O) groups excluding carboxylic acids is 3. The third kappa shape index (κ3) is 11.2. The molecule has 0 saturated carbocycles. The summed E-state index contributed by atoms with van der Waals surface area (Å²) >= 11 is 0. The molecule has 1 unspecified atom stereocenters. The highest BCUT2D eigenvalue weighted by Gasteiger charge is 2.13. The minimum Gasteiger partial charge on any atom is -0.494 e. The number of benzene rings is 2. The SMILES string of the molecule is C=CC(CC)OC(=O)/C=C/c1ccc(OC(=O)c2ccc(OCCCCCCOC(=O)C(=C)C)cc2)c(OC)c1. The lowest BCUT2D eigenvalue weighted by atomic mass is 10.2. The Morgan fingerprint density at radius 1 is 0.950 bits per heavy atom. The molecule has 0 bridgehead atoms. The van der Waals surface area contributed by atoms with E-state index >= 15 is 0 Å². The van der Waals surface area contributed by atoms with Gasteiger partial charge < -0.3 is 23.7 Å². The van der Waals surface area contributed by atoms with Crippen LogP contribution in [0.4, 0.5) is 0 Å². The van der Waals surface area contributed by atoms with Crippen LogP contribution < -0.4 is 14.2 Å². The van der Waals surface area contributed by atoms with Gasteiger partial charge in [0.15, 0.2) is 11.5 Å². The van der Waals surface area contributed by atoms with Crippen LogP contribution >= 0.6 is 0 Å². The van der Waals surface area contributed by atoms with Gasteiger partial charge in [-0.25, -0.2) is 14.4 Å². The molecule has 214 valence electrons. The first-order chi connectivity index (χ1) is 19.3. The number of rotatable bonds is 17. The summed E-state index contributed by atoms with van der Waals surface area (Å²) in [5, 5.41) is 0. The summed E-state index contributed by atoms with van der Waals surface area (Å²) in [5.41, 5.74) is 1.44. The summed E-state index contributed by atoms with van der Waals surface area (Å²) in [7, 11) is 1.47. The van der Waals surface area contributed by atoms with Crippen molar-refractivity contribution >= 4 is 24.0 Å². The van der Waals surface area contributed by atoms with Crippen LogP contribution in [-0.4, -0.2) is 44.3 Å². The summed E-state index contributed by atoms with van der Waals surface area (Å²) in [4.78, 5) is 36.0. The molecule has 0 spiro atoms. The van der Waals surface area contributed by atoms with E-state index in [9.17, 15) is 14.4 Å². The fourth-order valence-corrected chi connectivity index (χ4v) is 3.40. The van der Waals surface area contributed by atoms with Crippen LogP contribution in [0.2, 0.25) is 0 Å². The first kappa shape index (κ1) is 31.9. The van der Waals surface area contributed by atoms with Crippen LogP contribution in [-0.2, 0) is 19.1 Å². The summed E-state index contributed by atoms with van der Waals surface area (Å²) in [6, 6.07) is 11.7. The molecule has 0 radical (unpaired) electrons. The predicted octanol–water partition coefficient (Wildman–Crippen LogP) is 6.49. The first-order valence-electron chi connectivity index (χ1n) is 13.2. The van der Waals surface area contributed by atoms with Gasteiger partial charge in [-0.1, -0.05) is 32.2 Å². The average molecular weight is 551 g/mol. The van der Waals surface area contributed by atoms with Gasteiger partial charge in [0.1, 0.15) is 11.9 Å². The predicted molar refractivity (Wildman–Crippen MR) is 154 cm³/mol. The third-order valence-electron chi connectivity index (χ3n) is 5.71. The monoisotopic (exact) mass is 550 g/mol. The molecule has 0 N–H and O–H groups in total. The second-order valence-electron chi connectivity index (χ2n) is 8.96. The van der Waals surface area contributed by atoms with Gasteiger partial charge in [-0.2, -0.15) is 0 Å². The zero-order chi connectivity index (χ0) is 29.3. The topological polar surface area (TPSA) is 97.4 Å². The molecule has 0 fully saturated rings. The van der Waals surface area contributed by atoms with E-state index in [2.05, 4.69) is 13.2 Å². The van der Waals surface area contributed by atoms with Crippen LogP contribution in [0.25, 0.3) is 6.08 Å². The van der Waals surface area contributed by atoms with Crippen LogP contribution in [0, 0.1) is 0 Å². The van der Waals surface area contributed by atoms with E-state index in [1.165, 1.54) is 13.2 Å². The van der Waals surface area contributed by atoms with Gasteiger partial charge in [-0.05, 0) is 87.1 Å². The van der Waals surface area contributed by atoms with E-state index in [1.807, 2.05) is 6.92 Å². The van der Waals surface area contributed by atoms with E-state index in [0.717, 1.165) is 25.7 Å². The lowest BCUT2D eigenvalue weighted by molar-refractivity contribution is -0.141. The molecule has 0 aromatic heterocycles. The Morgan fingerprint density at radius 2 is 1.65 bits per heavy atom. The second-order valence-corrected chi connectivity index (χ2v) is 8.96. The van der Waals surface area contributed by atoms with E-state index in [0.29, 0.717) is 47.8 Å². The van der Waals surface area contributed by atoms with Gasteiger partial charge >= 0.3 is 17.9 Å². The van der Waals surface area contributed by atoms with Gasteiger partial charge in [0.2, 0.25) is 0 Å². The molecule has 0 amide bonds. The maximum absolute atomic E-state index is 12.7. The minimum absolute atomic E-state index is 0.250. The molecule has 2 aromatic rings. The van der Waals surface area contributed by atoms with Crippen molar-refractivity contribution < 1.29 is 38.1 Å². The van der Waals surface area contributed by atoms with Crippen LogP contribution in [0.5, 0.6) is 17.2 Å². The zero-order valence-corrected chi connectivity index (χ0v) is 23.5. The van der Waals surface area contributed by atoms with Crippen molar-refractivity contribution in [2.24, 2.45) is 0 Å². The van der Waals surface area contributed by atoms with Gasteiger partial charge in [0.25, 0.3) is 0 Å².